The molecule has 0 bridgehead atoms. The van der Waals surface area contributed by atoms with Crippen molar-refractivity contribution in [2.24, 2.45) is 5.92 Å². The minimum atomic E-state index is 0.278. The van der Waals surface area contributed by atoms with Crippen LogP contribution in [0, 0.1) is 5.92 Å². The van der Waals surface area contributed by atoms with E-state index in [9.17, 15) is 0 Å². The highest BCUT2D eigenvalue weighted by atomic mass is 35.5. The molecule has 0 aliphatic carbocycles. The van der Waals surface area contributed by atoms with Crippen molar-refractivity contribution in [3.8, 4) is 0 Å². The average Bonchev–Trinajstić information content (AvgIpc) is 2.61. The maximum absolute atomic E-state index is 6.18. The van der Waals surface area contributed by atoms with Gasteiger partial charge in [0, 0.05) is 18.1 Å². The van der Waals surface area contributed by atoms with Gasteiger partial charge in [0.15, 0.2) is 0 Å². The molecule has 2 nitrogen and oxygen atoms in total. The number of hydrogen-bond donors (Lipinski definition) is 0. The Bertz CT molecular complexity index is 268. The Kier molecular flexibility index (Phi) is 4.46. The standard InChI is InChI=1S/C11H19ClN2/c1-4-14-8-10(7-13-14)5-6-11(12)9(2)3/h7-9,11H,4-6H2,1-3H3. The predicted molar refractivity (Wildman–Crippen MR) is 60.7 cm³/mol. The highest BCUT2D eigenvalue weighted by molar-refractivity contribution is 6.20. The predicted octanol–water partition coefficient (Wildman–Crippen LogP) is 3.10. The van der Waals surface area contributed by atoms with E-state index < -0.39 is 0 Å². The molecule has 0 radical (unpaired) electrons. The van der Waals surface area contributed by atoms with Gasteiger partial charge in [-0.3, -0.25) is 4.68 Å². The summed E-state index contributed by atoms with van der Waals surface area (Å²) in [4.78, 5) is 0. The molecule has 0 aromatic carbocycles. The Balaban J connectivity index is 2.37. The van der Waals surface area contributed by atoms with E-state index in [0.29, 0.717) is 5.92 Å². The number of rotatable bonds is 5. The van der Waals surface area contributed by atoms with Crippen molar-refractivity contribution in [2.45, 2.75) is 45.5 Å². The molecule has 0 aliphatic heterocycles. The molecule has 1 unspecified atom stereocenters. The topological polar surface area (TPSA) is 17.8 Å². The molecule has 0 N–H and O–H groups in total. The summed E-state index contributed by atoms with van der Waals surface area (Å²) in [6.45, 7) is 7.35. The molecule has 1 aromatic heterocycles. The van der Waals surface area contributed by atoms with Crippen LogP contribution in [0.5, 0.6) is 0 Å². The third kappa shape index (κ3) is 3.33. The normalized spacial score (nSPS) is 13.5. The van der Waals surface area contributed by atoms with E-state index >= 15 is 0 Å². The lowest BCUT2D eigenvalue weighted by atomic mass is 10.0. The van der Waals surface area contributed by atoms with E-state index in [1.54, 1.807) is 0 Å². The average molecular weight is 215 g/mol. The molecule has 0 amide bonds. The van der Waals surface area contributed by atoms with Gasteiger partial charge in [0.25, 0.3) is 0 Å². The van der Waals surface area contributed by atoms with Gasteiger partial charge in [-0.25, -0.2) is 0 Å². The first-order chi connectivity index (χ1) is 6.63. The molecule has 1 rings (SSSR count). The van der Waals surface area contributed by atoms with Crippen molar-refractivity contribution >= 4 is 11.6 Å². The third-order valence-electron chi connectivity index (χ3n) is 2.44. The van der Waals surface area contributed by atoms with Crippen LogP contribution >= 0.6 is 11.6 Å². The van der Waals surface area contributed by atoms with Gasteiger partial charge in [-0.2, -0.15) is 5.10 Å². The minimum Gasteiger partial charge on any atom is -0.273 e. The fraction of sp³-hybridized carbons (Fsp3) is 0.727. The summed E-state index contributed by atoms with van der Waals surface area (Å²) in [6.07, 6.45) is 6.11. The Morgan fingerprint density at radius 3 is 2.71 bits per heavy atom. The molecule has 0 saturated carbocycles. The van der Waals surface area contributed by atoms with Crippen molar-refractivity contribution in [1.29, 1.82) is 0 Å². The van der Waals surface area contributed by atoms with Crippen LogP contribution in [-0.2, 0) is 13.0 Å². The Morgan fingerprint density at radius 2 is 2.21 bits per heavy atom. The summed E-state index contributed by atoms with van der Waals surface area (Å²) in [5, 5.41) is 4.51. The van der Waals surface area contributed by atoms with E-state index in [2.05, 4.69) is 32.1 Å². The largest absolute Gasteiger partial charge is 0.273 e. The second-order valence-electron chi connectivity index (χ2n) is 4.00. The Hall–Kier alpha value is -0.500. The van der Waals surface area contributed by atoms with Gasteiger partial charge in [-0.05, 0) is 31.2 Å². The lowest BCUT2D eigenvalue weighted by molar-refractivity contribution is 0.565. The maximum Gasteiger partial charge on any atom is 0.0521 e. The number of nitrogens with zero attached hydrogens (tertiary/aromatic N) is 2. The van der Waals surface area contributed by atoms with Crippen LogP contribution in [0.25, 0.3) is 0 Å². The summed E-state index contributed by atoms with van der Waals surface area (Å²) in [5.41, 5.74) is 1.29. The summed E-state index contributed by atoms with van der Waals surface area (Å²) in [6, 6.07) is 0. The first kappa shape index (κ1) is 11.6. The Labute approximate surface area is 91.3 Å². The lowest BCUT2D eigenvalue weighted by Crippen LogP contribution is -2.08. The number of aryl methyl sites for hydroxylation is 2. The molecule has 14 heavy (non-hydrogen) atoms. The zero-order valence-corrected chi connectivity index (χ0v) is 9.96. The molecule has 0 saturated heterocycles. The van der Waals surface area contributed by atoms with Crippen molar-refractivity contribution < 1.29 is 0 Å². The molecule has 1 atom stereocenters. The van der Waals surface area contributed by atoms with Gasteiger partial charge < -0.3 is 0 Å². The summed E-state index contributed by atoms with van der Waals surface area (Å²) >= 11 is 6.18. The van der Waals surface area contributed by atoms with Gasteiger partial charge in [-0.15, -0.1) is 11.6 Å². The molecule has 1 heterocycles. The van der Waals surface area contributed by atoms with Crippen LogP contribution in [0.1, 0.15) is 32.8 Å². The monoisotopic (exact) mass is 214 g/mol. The summed E-state index contributed by atoms with van der Waals surface area (Å²) in [7, 11) is 0. The van der Waals surface area contributed by atoms with Gasteiger partial charge in [0.2, 0.25) is 0 Å². The van der Waals surface area contributed by atoms with E-state index in [-0.39, 0.29) is 5.38 Å². The minimum absolute atomic E-state index is 0.278. The van der Waals surface area contributed by atoms with Gasteiger partial charge in [-0.1, -0.05) is 13.8 Å². The smallest absolute Gasteiger partial charge is 0.0521 e. The van der Waals surface area contributed by atoms with Gasteiger partial charge >= 0.3 is 0 Å². The van der Waals surface area contributed by atoms with Gasteiger partial charge in [0.05, 0.1) is 6.20 Å². The number of hydrogen-bond acceptors (Lipinski definition) is 1. The zero-order chi connectivity index (χ0) is 10.6. The number of alkyl halides is 1. The van der Waals surface area contributed by atoms with Gasteiger partial charge in [0.1, 0.15) is 0 Å². The highest BCUT2D eigenvalue weighted by Crippen LogP contribution is 2.16. The molecule has 80 valence electrons. The van der Waals surface area contributed by atoms with Crippen molar-refractivity contribution in [2.75, 3.05) is 0 Å². The molecule has 3 heteroatoms. The van der Waals surface area contributed by atoms with Crippen LogP contribution in [0.4, 0.5) is 0 Å². The first-order valence-corrected chi connectivity index (χ1v) is 5.72. The van der Waals surface area contributed by atoms with Crippen molar-refractivity contribution in [3.63, 3.8) is 0 Å². The van der Waals surface area contributed by atoms with Crippen LogP contribution in [0.3, 0.4) is 0 Å². The van der Waals surface area contributed by atoms with Crippen LogP contribution in [0.15, 0.2) is 12.4 Å². The van der Waals surface area contributed by atoms with Crippen LogP contribution in [0.2, 0.25) is 0 Å². The second kappa shape index (κ2) is 5.40. The Morgan fingerprint density at radius 1 is 1.50 bits per heavy atom. The molecule has 0 fully saturated rings. The summed E-state index contributed by atoms with van der Waals surface area (Å²) < 4.78 is 1.95. The second-order valence-corrected chi connectivity index (χ2v) is 4.56. The molecule has 0 spiro atoms. The van der Waals surface area contributed by atoms with E-state index in [1.165, 1.54) is 5.56 Å². The van der Waals surface area contributed by atoms with E-state index in [1.807, 2.05) is 10.9 Å². The molecule has 1 aromatic rings. The van der Waals surface area contributed by atoms with Crippen LogP contribution in [-0.4, -0.2) is 15.2 Å². The highest BCUT2D eigenvalue weighted by Gasteiger charge is 2.09. The van der Waals surface area contributed by atoms with E-state index in [0.717, 1.165) is 19.4 Å². The third-order valence-corrected chi connectivity index (χ3v) is 3.17. The SMILES string of the molecule is CCn1cc(CCC(Cl)C(C)C)cn1. The lowest BCUT2D eigenvalue weighted by Gasteiger charge is -2.11. The quantitative estimate of drug-likeness (QED) is 0.689. The fourth-order valence-corrected chi connectivity index (χ4v) is 1.46. The molecular weight excluding hydrogens is 196 g/mol. The number of halogens is 1. The van der Waals surface area contributed by atoms with Crippen molar-refractivity contribution in [1.82, 2.24) is 9.78 Å². The maximum atomic E-state index is 6.18. The van der Waals surface area contributed by atoms with Crippen molar-refractivity contribution in [3.05, 3.63) is 18.0 Å². The fourth-order valence-electron chi connectivity index (χ4n) is 1.35. The number of aromatic nitrogens is 2. The molecular formula is C11H19ClN2. The van der Waals surface area contributed by atoms with E-state index in [4.69, 9.17) is 11.6 Å². The zero-order valence-electron chi connectivity index (χ0n) is 9.20. The molecule has 0 aliphatic rings. The summed E-state index contributed by atoms with van der Waals surface area (Å²) in [5.74, 6) is 0.554. The first-order valence-electron chi connectivity index (χ1n) is 5.29. The van der Waals surface area contributed by atoms with Crippen LogP contribution < -0.4 is 0 Å².